The van der Waals surface area contributed by atoms with Crippen molar-refractivity contribution >= 4 is 29.6 Å². The number of benzene rings is 1. The molecule has 0 saturated carbocycles. The second-order valence-corrected chi connectivity index (χ2v) is 7.61. The Bertz CT molecular complexity index is 678. The number of carbonyl (C=O) groups is 1. The van der Waals surface area contributed by atoms with Crippen molar-refractivity contribution in [2.24, 2.45) is 0 Å². The van der Waals surface area contributed by atoms with Crippen LogP contribution in [0.25, 0.3) is 0 Å². The van der Waals surface area contributed by atoms with Crippen molar-refractivity contribution < 1.29 is 27.9 Å². The number of carbonyl (C=O) groups excluding carboxylic acids is 1. The van der Waals surface area contributed by atoms with Gasteiger partial charge in [0.2, 0.25) is 0 Å². The molecule has 1 unspecified atom stereocenters. The molecule has 3 atom stereocenters. The Morgan fingerprint density at radius 3 is 2.80 bits per heavy atom. The average Bonchev–Trinajstić information content (AvgIpc) is 3.13. The standard InChI is InChI=1S/C16H19BrNO6P/c1-3-15(16(19)21-2)18-25(20,23-11-14-5-4-10-22-14)24-13-8-6-12(17)7-9-13/h3-9,14-15H,1,10-11H2,2H3,(H,18,20)/t14-,15+,25?/m1/s1. The summed E-state index contributed by atoms with van der Waals surface area (Å²) in [5.74, 6) is -0.343. The minimum Gasteiger partial charge on any atom is -0.468 e. The summed E-state index contributed by atoms with van der Waals surface area (Å²) in [6.07, 6.45) is 4.57. The van der Waals surface area contributed by atoms with E-state index in [1.54, 1.807) is 30.3 Å². The molecule has 1 N–H and O–H groups in total. The first-order valence-electron chi connectivity index (χ1n) is 7.42. The zero-order valence-corrected chi connectivity index (χ0v) is 16.1. The van der Waals surface area contributed by atoms with E-state index >= 15 is 0 Å². The van der Waals surface area contributed by atoms with Crippen LogP contribution in [0.1, 0.15) is 0 Å². The number of methoxy groups -OCH3 is 1. The van der Waals surface area contributed by atoms with Gasteiger partial charge >= 0.3 is 13.7 Å². The van der Waals surface area contributed by atoms with Crippen molar-refractivity contribution in [1.82, 2.24) is 5.09 Å². The van der Waals surface area contributed by atoms with E-state index in [9.17, 15) is 9.36 Å². The molecule has 25 heavy (non-hydrogen) atoms. The van der Waals surface area contributed by atoms with Crippen LogP contribution in [0, 0.1) is 0 Å². The Morgan fingerprint density at radius 1 is 1.52 bits per heavy atom. The van der Waals surface area contributed by atoms with Gasteiger partial charge in [0.15, 0.2) is 0 Å². The van der Waals surface area contributed by atoms with Gasteiger partial charge in [0.25, 0.3) is 0 Å². The number of rotatable bonds is 9. The molecular formula is C16H19BrNO6P. The first-order valence-corrected chi connectivity index (χ1v) is 9.75. The number of hydrogen-bond acceptors (Lipinski definition) is 6. The van der Waals surface area contributed by atoms with Gasteiger partial charge in [0, 0.05) is 4.47 Å². The van der Waals surface area contributed by atoms with Crippen molar-refractivity contribution in [2.45, 2.75) is 12.1 Å². The third-order valence-electron chi connectivity index (χ3n) is 3.19. The first kappa shape index (κ1) is 19.9. The summed E-state index contributed by atoms with van der Waals surface area (Å²) < 4.78 is 34.9. The molecule has 0 aromatic heterocycles. The molecule has 0 spiro atoms. The predicted molar refractivity (Wildman–Crippen MR) is 96.3 cm³/mol. The second kappa shape index (κ2) is 9.31. The Balaban J connectivity index is 2.14. The lowest BCUT2D eigenvalue weighted by Crippen LogP contribution is -2.36. The molecule has 0 bridgehead atoms. The van der Waals surface area contributed by atoms with Crippen LogP contribution in [0.5, 0.6) is 5.75 Å². The number of ether oxygens (including phenoxy) is 2. The van der Waals surface area contributed by atoms with Gasteiger partial charge < -0.3 is 14.0 Å². The van der Waals surface area contributed by atoms with E-state index in [0.717, 1.165) is 4.47 Å². The zero-order chi connectivity index (χ0) is 18.3. The Morgan fingerprint density at radius 2 is 2.24 bits per heavy atom. The van der Waals surface area contributed by atoms with Gasteiger partial charge in [-0.25, -0.2) is 4.57 Å². The van der Waals surface area contributed by atoms with E-state index in [2.05, 4.69) is 32.3 Å². The predicted octanol–water partition coefficient (Wildman–Crippen LogP) is 3.22. The highest BCUT2D eigenvalue weighted by atomic mass is 79.9. The molecule has 1 aliphatic rings. The highest BCUT2D eigenvalue weighted by Gasteiger charge is 2.33. The van der Waals surface area contributed by atoms with E-state index < -0.39 is 19.8 Å². The zero-order valence-electron chi connectivity index (χ0n) is 13.6. The van der Waals surface area contributed by atoms with Crippen LogP contribution in [-0.2, 0) is 23.4 Å². The van der Waals surface area contributed by atoms with E-state index in [4.69, 9.17) is 13.8 Å². The third-order valence-corrected chi connectivity index (χ3v) is 5.26. The van der Waals surface area contributed by atoms with Crippen LogP contribution < -0.4 is 9.61 Å². The molecule has 0 fully saturated rings. The summed E-state index contributed by atoms with van der Waals surface area (Å²) in [5, 5.41) is 2.55. The third kappa shape index (κ3) is 6.09. The molecule has 7 nitrogen and oxygen atoms in total. The normalized spacial score (nSPS) is 19.8. The summed E-state index contributed by atoms with van der Waals surface area (Å²) in [4.78, 5) is 11.7. The molecular weight excluding hydrogens is 413 g/mol. The summed E-state index contributed by atoms with van der Waals surface area (Å²) in [6.45, 7) is 4.00. The molecule has 1 aromatic rings. The van der Waals surface area contributed by atoms with Crippen LogP contribution in [-0.4, -0.2) is 38.4 Å². The van der Waals surface area contributed by atoms with E-state index in [1.165, 1.54) is 13.2 Å². The van der Waals surface area contributed by atoms with Gasteiger partial charge in [-0.05, 0) is 24.3 Å². The molecule has 0 amide bonds. The summed E-state index contributed by atoms with van der Waals surface area (Å²) >= 11 is 3.31. The van der Waals surface area contributed by atoms with Gasteiger partial charge in [-0.3, -0.25) is 9.32 Å². The lowest BCUT2D eigenvalue weighted by atomic mass is 10.3. The minimum absolute atomic E-state index is 0.00232. The maximum atomic E-state index is 13.1. The van der Waals surface area contributed by atoms with E-state index in [-0.39, 0.29) is 12.7 Å². The number of halogens is 1. The van der Waals surface area contributed by atoms with Crippen molar-refractivity contribution in [3.05, 3.63) is 53.5 Å². The topological polar surface area (TPSA) is 83.1 Å². The quantitative estimate of drug-likeness (QED) is 0.365. The Hall–Kier alpha value is -1.44. The fourth-order valence-corrected chi connectivity index (χ4v) is 3.68. The van der Waals surface area contributed by atoms with Crippen LogP contribution in [0.3, 0.4) is 0 Å². The molecule has 1 heterocycles. The lowest BCUT2D eigenvalue weighted by molar-refractivity contribution is -0.141. The van der Waals surface area contributed by atoms with Crippen LogP contribution >= 0.6 is 23.7 Å². The largest absolute Gasteiger partial charge is 0.468 e. The summed E-state index contributed by atoms with van der Waals surface area (Å²) in [5.41, 5.74) is 0. The molecule has 0 saturated heterocycles. The Labute approximate surface area is 154 Å². The van der Waals surface area contributed by atoms with Crippen molar-refractivity contribution in [2.75, 3.05) is 20.3 Å². The van der Waals surface area contributed by atoms with E-state index in [0.29, 0.717) is 12.4 Å². The van der Waals surface area contributed by atoms with Crippen molar-refractivity contribution in [3.63, 3.8) is 0 Å². The maximum absolute atomic E-state index is 13.1. The maximum Gasteiger partial charge on any atom is 0.459 e. The van der Waals surface area contributed by atoms with Crippen molar-refractivity contribution in [1.29, 1.82) is 0 Å². The number of hydrogen-bond donors (Lipinski definition) is 1. The fourth-order valence-electron chi connectivity index (χ4n) is 1.94. The molecule has 1 aliphatic heterocycles. The lowest BCUT2D eigenvalue weighted by Gasteiger charge is -2.23. The Kier molecular flexibility index (Phi) is 7.40. The second-order valence-electron chi connectivity index (χ2n) is 5.00. The smallest absolute Gasteiger partial charge is 0.459 e. The van der Waals surface area contributed by atoms with Crippen LogP contribution in [0.2, 0.25) is 0 Å². The minimum atomic E-state index is -3.90. The van der Waals surface area contributed by atoms with Gasteiger partial charge in [-0.15, -0.1) is 6.58 Å². The SMILES string of the molecule is C=C[C@H](NP(=O)(OC[C@H]1C=CCO1)Oc1ccc(Br)cc1)C(=O)OC. The van der Waals surface area contributed by atoms with Crippen molar-refractivity contribution in [3.8, 4) is 5.75 Å². The molecule has 0 aliphatic carbocycles. The summed E-state index contributed by atoms with van der Waals surface area (Å²) in [7, 11) is -2.68. The monoisotopic (exact) mass is 431 g/mol. The molecule has 1 aromatic carbocycles. The molecule has 2 rings (SSSR count). The molecule has 136 valence electrons. The molecule has 9 heteroatoms. The number of esters is 1. The van der Waals surface area contributed by atoms with Gasteiger partial charge in [-0.1, -0.05) is 34.2 Å². The van der Waals surface area contributed by atoms with E-state index in [1.807, 2.05) is 6.08 Å². The van der Waals surface area contributed by atoms with Gasteiger partial charge in [0.05, 0.1) is 20.3 Å². The number of nitrogens with one attached hydrogen (secondary N) is 1. The van der Waals surface area contributed by atoms with Gasteiger partial charge in [0.1, 0.15) is 17.9 Å². The highest BCUT2D eigenvalue weighted by molar-refractivity contribution is 9.10. The summed E-state index contributed by atoms with van der Waals surface area (Å²) in [6, 6.07) is 5.65. The first-order chi connectivity index (χ1) is 12.0. The average molecular weight is 432 g/mol. The molecule has 0 radical (unpaired) electrons. The highest BCUT2D eigenvalue weighted by Crippen LogP contribution is 2.45. The van der Waals surface area contributed by atoms with Crippen LogP contribution in [0.15, 0.2) is 53.5 Å². The fraction of sp³-hybridized carbons (Fsp3) is 0.312. The van der Waals surface area contributed by atoms with Crippen LogP contribution in [0.4, 0.5) is 0 Å². The van der Waals surface area contributed by atoms with Gasteiger partial charge in [-0.2, -0.15) is 5.09 Å².